The Kier molecular flexibility index (Phi) is 6.90. The van der Waals surface area contributed by atoms with E-state index in [9.17, 15) is 9.59 Å². The van der Waals surface area contributed by atoms with Crippen LogP contribution in [0, 0.1) is 5.92 Å². The zero-order valence-electron chi connectivity index (χ0n) is 23.4. The number of carbonyl (C=O) groups excluding carboxylic acids is 2. The number of hydrogen-bond donors (Lipinski definition) is 1. The van der Waals surface area contributed by atoms with Crippen molar-refractivity contribution in [2.24, 2.45) is 5.92 Å². The maximum atomic E-state index is 14.0. The van der Waals surface area contributed by atoms with Crippen molar-refractivity contribution in [1.82, 2.24) is 5.16 Å². The lowest BCUT2D eigenvalue weighted by Gasteiger charge is -2.34. The van der Waals surface area contributed by atoms with Crippen molar-refractivity contribution in [2.75, 3.05) is 51.2 Å². The van der Waals surface area contributed by atoms with E-state index in [0.717, 1.165) is 25.1 Å². The number of esters is 1. The van der Waals surface area contributed by atoms with Gasteiger partial charge in [-0.25, -0.2) is 0 Å². The number of aromatic nitrogens is 1. The molecule has 1 saturated heterocycles. The number of nitrogens with one attached hydrogen (secondary N) is 1. The highest BCUT2D eigenvalue weighted by atomic mass is 16.5. The Balaban J connectivity index is 1.53. The second kappa shape index (κ2) is 10.7. The van der Waals surface area contributed by atoms with E-state index in [1.54, 1.807) is 39.5 Å². The van der Waals surface area contributed by atoms with Crippen LogP contribution in [0.15, 0.2) is 47.0 Å². The molecule has 3 aromatic carbocycles. The number of nitrogens with zero attached hydrogens (tertiary/aromatic N) is 2. The van der Waals surface area contributed by atoms with E-state index in [1.807, 2.05) is 31.2 Å². The number of fused-ring (bicyclic) bond motifs is 2. The zero-order chi connectivity index (χ0) is 28.7. The summed E-state index contributed by atoms with van der Waals surface area (Å²) in [4.78, 5) is 28.8. The molecule has 1 aliphatic heterocycles. The number of piperidine rings is 1. The van der Waals surface area contributed by atoms with Gasteiger partial charge in [-0.2, -0.15) is 0 Å². The van der Waals surface area contributed by atoms with E-state index in [0.29, 0.717) is 75.1 Å². The Labute approximate surface area is 237 Å². The fourth-order valence-corrected chi connectivity index (χ4v) is 5.84. The lowest BCUT2D eigenvalue weighted by atomic mass is 9.86. The third-order valence-electron chi connectivity index (χ3n) is 7.70. The van der Waals surface area contributed by atoms with Crippen LogP contribution >= 0.6 is 0 Å². The average molecular weight is 558 g/mol. The Hall–Kier alpha value is -4.73. The molecule has 4 aromatic rings. The van der Waals surface area contributed by atoms with Gasteiger partial charge in [0.1, 0.15) is 5.52 Å². The van der Waals surface area contributed by atoms with Gasteiger partial charge in [-0.05, 0) is 25.8 Å². The van der Waals surface area contributed by atoms with Crippen LogP contribution in [0.2, 0.25) is 0 Å². The number of benzene rings is 3. The zero-order valence-corrected chi connectivity index (χ0v) is 23.4. The molecule has 10 nitrogen and oxygen atoms in total. The standard InChI is InChI=1S/C31H31N3O7/c1-5-40-31(36)17-9-8-12-34(16-17)22-15-21(32-18-13-23(37-2)30(39-4)24(14-18)38-3)25-26-27(22)33-41-29(26)20-11-7-6-10-19(20)28(25)35/h6-7,10-11,13-15,17,32H,5,8-9,12,16H2,1-4H3/t17-/m0/s1. The maximum Gasteiger partial charge on any atom is 0.310 e. The summed E-state index contributed by atoms with van der Waals surface area (Å²) in [7, 11) is 4.65. The van der Waals surface area contributed by atoms with Crippen LogP contribution in [0.1, 0.15) is 35.7 Å². The van der Waals surface area contributed by atoms with Crippen molar-refractivity contribution in [3.05, 3.63) is 53.6 Å². The number of anilines is 3. The first-order chi connectivity index (χ1) is 20.0. The Bertz CT molecular complexity index is 1640. The summed E-state index contributed by atoms with van der Waals surface area (Å²) >= 11 is 0. The van der Waals surface area contributed by atoms with E-state index in [4.69, 9.17) is 23.5 Å². The van der Waals surface area contributed by atoms with Crippen molar-refractivity contribution >= 4 is 39.7 Å². The molecule has 0 radical (unpaired) electrons. The van der Waals surface area contributed by atoms with Crippen molar-refractivity contribution in [3.8, 4) is 28.6 Å². The highest BCUT2D eigenvalue weighted by molar-refractivity contribution is 6.28. The summed E-state index contributed by atoms with van der Waals surface area (Å²) in [5, 5.41) is 8.54. The molecule has 0 unspecified atom stereocenters. The molecule has 0 bridgehead atoms. The largest absolute Gasteiger partial charge is 0.493 e. The van der Waals surface area contributed by atoms with E-state index in [-0.39, 0.29) is 17.7 Å². The molecule has 10 heteroatoms. The molecule has 6 rings (SSSR count). The van der Waals surface area contributed by atoms with Crippen LogP contribution in [0.5, 0.6) is 17.2 Å². The lowest BCUT2D eigenvalue weighted by molar-refractivity contribution is -0.148. The van der Waals surface area contributed by atoms with Gasteiger partial charge in [-0.1, -0.05) is 29.4 Å². The third-order valence-corrected chi connectivity index (χ3v) is 7.70. The predicted octanol–water partition coefficient (Wildman–Crippen LogP) is 5.59. The van der Waals surface area contributed by atoms with Gasteiger partial charge in [0, 0.05) is 42.0 Å². The molecule has 1 N–H and O–H groups in total. The first-order valence-electron chi connectivity index (χ1n) is 13.6. The molecule has 1 aliphatic carbocycles. The summed E-state index contributed by atoms with van der Waals surface area (Å²) in [6.45, 7) is 3.35. The summed E-state index contributed by atoms with van der Waals surface area (Å²) in [6.07, 6.45) is 1.57. The molecule has 1 aromatic heterocycles. The normalized spacial score (nSPS) is 15.9. The molecule has 0 amide bonds. The van der Waals surface area contributed by atoms with E-state index in [2.05, 4.69) is 15.4 Å². The molecule has 41 heavy (non-hydrogen) atoms. The van der Waals surface area contributed by atoms with Crippen LogP contribution in [0.25, 0.3) is 22.2 Å². The predicted molar refractivity (Wildman–Crippen MR) is 154 cm³/mol. The molecule has 2 heterocycles. The third kappa shape index (κ3) is 4.39. The second-order valence-corrected chi connectivity index (χ2v) is 10.0. The number of ketones is 1. The van der Waals surface area contributed by atoms with Gasteiger partial charge in [-0.3, -0.25) is 9.59 Å². The van der Waals surface area contributed by atoms with E-state index in [1.165, 1.54) is 0 Å². The monoisotopic (exact) mass is 557 g/mol. The quantitative estimate of drug-likeness (QED) is 0.242. The minimum Gasteiger partial charge on any atom is -0.493 e. The highest BCUT2D eigenvalue weighted by Gasteiger charge is 2.35. The summed E-state index contributed by atoms with van der Waals surface area (Å²) < 4.78 is 27.8. The molecule has 1 atom stereocenters. The fraction of sp³-hybridized carbons (Fsp3) is 0.323. The van der Waals surface area contributed by atoms with Crippen LogP contribution in [0.4, 0.5) is 17.1 Å². The minimum atomic E-state index is -0.258. The molecule has 0 saturated carbocycles. The molecule has 2 aliphatic rings. The van der Waals surface area contributed by atoms with Crippen molar-refractivity contribution in [2.45, 2.75) is 19.8 Å². The number of ether oxygens (including phenoxy) is 4. The van der Waals surface area contributed by atoms with Crippen LogP contribution in [-0.2, 0) is 9.53 Å². The number of rotatable bonds is 8. The van der Waals surface area contributed by atoms with E-state index < -0.39 is 0 Å². The van der Waals surface area contributed by atoms with Crippen LogP contribution in [-0.4, -0.2) is 57.9 Å². The topological polar surface area (TPSA) is 112 Å². The van der Waals surface area contributed by atoms with Gasteiger partial charge >= 0.3 is 5.97 Å². The van der Waals surface area contributed by atoms with Gasteiger partial charge < -0.3 is 33.7 Å². The number of methoxy groups -OCH3 is 3. The average Bonchev–Trinajstić information content (AvgIpc) is 3.45. The van der Waals surface area contributed by atoms with E-state index >= 15 is 0 Å². The molecule has 0 spiro atoms. The minimum absolute atomic E-state index is 0.133. The second-order valence-electron chi connectivity index (χ2n) is 10.0. The van der Waals surface area contributed by atoms with Gasteiger partial charge in [0.2, 0.25) is 5.75 Å². The molecule has 212 valence electrons. The number of hydrogen-bond acceptors (Lipinski definition) is 10. The lowest BCUT2D eigenvalue weighted by Crippen LogP contribution is -2.39. The summed E-state index contributed by atoms with van der Waals surface area (Å²) in [6, 6.07) is 12.8. The summed E-state index contributed by atoms with van der Waals surface area (Å²) in [5.74, 6) is 1.35. The van der Waals surface area contributed by atoms with Gasteiger partial charge in [0.15, 0.2) is 23.0 Å². The Morgan fingerprint density at radius 2 is 1.80 bits per heavy atom. The smallest absolute Gasteiger partial charge is 0.310 e. The Morgan fingerprint density at radius 3 is 2.49 bits per heavy atom. The molecular formula is C31H31N3O7. The SMILES string of the molecule is CCOC(=O)[C@H]1CCCN(c2cc(Nc3cc(OC)c(OC)c(OC)c3)c3c4c(onc24)-c2ccccc2C3=O)C1. The van der Waals surface area contributed by atoms with Crippen LogP contribution < -0.4 is 24.4 Å². The first-order valence-corrected chi connectivity index (χ1v) is 13.6. The van der Waals surface area contributed by atoms with Gasteiger partial charge in [-0.15, -0.1) is 0 Å². The summed E-state index contributed by atoms with van der Waals surface area (Å²) in [5.41, 5.74) is 4.27. The van der Waals surface area contributed by atoms with Gasteiger partial charge in [0.05, 0.1) is 56.2 Å². The van der Waals surface area contributed by atoms with Crippen molar-refractivity contribution < 1.29 is 33.1 Å². The molecular weight excluding hydrogens is 526 g/mol. The fourth-order valence-electron chi connectivity index (χ4n) is 5.84. The van der Waals surface area contributed by atoms with Crippen LogP contribution in [0.3, 0.4) is 0 Å². The highest BCUT2D eigenvalue weighted by Crippen LogP contribution is 2.48. The Morgan fingerprint density at radius 1 is 1.07 bits per heavy atom. The maximum absolute atomic E-state index is 14.0. The van der Waals surface area contributed by atoms with Crippen molar-refractivity contribution in [3.63, 3.8) is 0 Å². The van der Waals surface area contributed by atoms with Gasteiger partial charge in [0.25, 0.3) is 0 Å². The first kappa shape index (κ1) is 26.5. The van der Waals surface area contributed by atoms with Crippen molar-refractivity contribution in [1.29, 1.82) is 0 Å². The number of carbonyl (C=O) groups is 2. The molecule has 1 fully saturated rings.